The molecule has 0 amide bonds. The monoisotopic (exact) mass is 253 g/mol. The molecule has 2 rings (SSSR count). The predicted octanol–water partition coefficient (Wildman–Crippen LogP) is 3.06. The van der Waals surface area contributed by atoms with Gasteiger partial charge in [-0.05, 0) is 30.2 Å². The quantitative estimate of drug-likeness (QED) is 0.763. The maximum atomic E-state index is 2.17. The van der Waals surface area contributed by atoms with Gasteiger partial charge >= 0.3 is 0 Å². The van der Waals surface area contributed by atoms with E-state index in [1.165, 1.54) is 22.4 Å². The van der Waals surface area contributed by atoms with Crippen LogP contribution in [0.25, 0.3) is 12.2 Å². The summed E-state index contributed by atoms with van der Waals surface area (Å²) in [4.78, 5) is 2.11. The zero-order valence-electron chi connectivity index (χ0n) is 12.1. The molecular formula is C17H21N2+. The van der Waals surface area contributed by atoms with Crippen molar-refractivity contribution in [3.05, 3.63) is 59.4 Å². The Kier molecular flexibility index (Phi) is 4.00. The van der Waals surface area contributed by atoms with Crippen molar-refractivity contribution < 1.29 is 4.57 Å². The van der Waals surface area contributed by atoms with E-state index in [0.717, 1.165) is 0 Å². The topological polar surface area (TPSA) is 7.12 Å². The fraction of sp³-hybridized carbons (Fsp3) is 0.235. The van der Waals surface area contributed by atoms with Crippen LogP contribution in [-0.2, 0) is 7.05 Å². The van der Waals surface area contributed by atoms with Crippen molar-refractivity contribution >= 4 is 17.8 Å². The molecule has 0 aliphatic carbocycles. The largest absolute Gasteiger partial charge is 0.378 e. The van der Waals surface area contributed by atoms with Crippen LogP contribution in [0, 0.1) is 6.92 Å². The fourth-order valence-corrected chi connectivity index (χ4v) is 2.01. The Morgan fingerprint density at radius 2 is 1.68 bits per heavy atom. The predicted molar refractivity (Wildman–Crippen MR) is 82.1 cm³/mol. The normalized spacial score (nSPS) is 10.9. The summed E-state index contributed by atoms with van der Waals surface area (Å²) in [5.74, 6) is 0. The smallest absolute Gasteiger partial charge is 0.172 e. The molecule has 2 nitrogen and oxygen atoms in total. The molecule has 1 heterocycles. The summed E-state index contributed by atoms with van der Waals surface area (Å²) in [5, 5.41) is 0. The summed E-state index contributed by atoms with van der Waals surface area (Å²) in [6.45, 7) is 2.13. The number of aryl methyl sites for hydroxylation is 2. The number of aromatic nitrogens is 1. The first-order valence-electron chi connectivity index (χ1n) is 6.47. The molecule has 0 radical (unpaired) electrons. The second kappa shape index (κ2) is 5.70. The van der Waals surface area contributed by atoms with Crippen molar-refractivity contribution in [3.8, 4) is 0 Å². The van der Waals surface area contributed by atoms with Crippen LogP contribution < -0.4 is 9.47 Å². The van der Waals surface area contributed by atoms with E-state index in [1.807, 2.05) is 7.05 Å². The van der Waals surface area contributed by atoms with E-state index in [4.69, 9.17) is 0 Å². The van der Waals surface area contributed by atoms with Crippen molar-refractivity contribution in [2.45, 2.75) is 6.92 Å². The minimum atomic E-state index is 1.22. The minimum Gasteiger partial charge on any atom is -0.378 e. The van der Waals surface area contributed by atoms with E-state index in [0.29, 0.717) is 0 Å². The molecule has 0 aliphatic heterocycles. The summed E-state index contributed by atoms with van der Waals surface area (Å²) in [5.41, 5.74) is 4.99. The van der Waals surface area contributed by atoms with Crippen LogP contribution in [0.2, 0.25) is 0 Å². The van der Waals surface area contributed by atoms with Gasteiger partial charge in [0.25, 0.3) is 0 Å². The Morgan fingerprint density at radius 3 is 2.26 bits per heavy atom. The summed E-state index contributed by atoms with van der Waals surface area (Å²) < 4.78 is 2.07. The maximum absolute atomic E-state index is 2.17. The Hall–Kier alpha value is -2.09. The van der Waals surface area contributed by atoms with Gasteiger partial charge in [-0.1, -0.05) is 24.3 Å². The van der Waals surface area contributed by atoms with E-state index < -0.39 is 0 Å². The van der Waals surface area contributed by atoms with E-state index in [9.17, 15) is 0 Å². The van der Waals surface area contributed by atoms with Crippen LogP contribution in [0.15, 0.2) is 42.7 Å². The third kappa shape index (κ3) is 3.44. The summed E-state index contributed by atoms with van der Waals surface area (Å²) >= 11 is 0. The van der Waals surface area contributed by atoms with Crippen molar-refractivity contribution in [2.24, 2.45) is 7.05 Å². The molecule has 1 aromatic carbocycles. The van der Waals surface area contributed by atoms with Gasteiger partial charge in [-0.2, -0.15) is 0 Å². The first-order chi connectivity index (χ1) is 9.06. The highest BCUT2D eigenvalue weighted by atomic mass is 15.1. The zero-order valence-corrected chi connectivity index (χ0v) is 12.1. The molecule has 19 heavy (non-hydrogen) atoms. The molecule has 0 N–H and O–H groups in total. The number of benzene rings is 1. The highest BCUT2D eigenvalue weighted by Crippen LogP contribution is 2.15. The molecule has 0 saturated heterocycles. The second-order valence-corrected chi connectivity index (χ2v) is 5.07. The van der Waals surface area contributed by atoms with E-state index in [-0.39, 0.29) is 0 Å². The van der Waals surface area contributed by atoms with Crippen molar-refractivity contribution in [2.75, 3.05) is 19.0 Å². The lowest BCUT2D eigenvalue weighted by atomic mass is 10.1. The Labute approximate surface area is 115 Å². The number of nitrogens with zero attached hydrogens (tertiary/aromatic N) is 2. The average molecular weight is 253 g/mol. The fourth-order valence-electron chi connectivity index (χ4n) is 2.01. The lowest BCUT2D eigenvalue weighted by molar-refractivity contribution is -0.671. The van der Waals surface area contributed by atoms with Gasteiger partial charge in [-0.3, -0.25) is 0 Å². The lowest BCUT2D eigenvalue weighted by Gasteiger charge is -2.11. The molecule has 0 spiro atoms. The Morgan fingerprint density at radius 1 is 1.00 bits per heavy atom. The number of rotatable bonds is 3. The van der Waals surface area contributed by atoms with Crippen LogP contribution in [0.3, 0.4) is 0 Å². The standard InChI is InChI=1S/C17H21N2/c1-14-13-19(4)12-11-16(14)8-5-15-6-9-17(10-7-15)18(2)3/h5-13H,1-4H3/q+1. The summed E-state index contributed by atoms with van der Waals surface area (Å²) in [6, 6.07) is 10.7. The summed E-state index contributed by atoms with van der Waals surface area (Å²) in [6.07, 6.45) is 8.53. The van der Waals surface area contributed by atoms with Crippen molar-refractivity contribution in [1.29, 1.82) is 0 Å². The van der Waals surface area contributed by atoms with Crippen molar-refractivity contribution in [3.63, 3.8) is 0 Å². The van der Waals surface area contributed by atoms with Crippen LogP contribution in [0.4, 0.5) is 5.69 Å². The van der Waals surface area contributed by atoms with Gasteiger partial charge in [0.05, 0.1) is 0 Å². The molecule has 0 unspecified atom stereocenters. The van der Waals surface area contributed by atoms with E-state index >= 15 is 0 Å². The zero-order chi connectivity index (χ0) is 13.8. The van der Waals surface area contributed by atoms with Gasteiger partial charge in [0.1, 0.15) is 7.05 Å². The van der Waals surface area contributed by atoms with Crippen molar-refractivity contribution in [1.82, 2.24) is 0 Å². The Balaban J connectivity index is 2.18. The first-order valence-corrected chi connectivity index (χ1v) is 6.47. The maximum Gasteiger partial charge on any atom is 0.172 e. The third-order valence-corrected chi connectivity index (χ3v) is 3.21. The molecular weight excluding hydrogens is 232 g/mol. The SMILES string of the molecule is Cc1c[n+](C)ccc1C=Cc1ccc(N(C)C)cc1. The molecule has 98 valence electrons. The molecule has 2 aromatic rings. The highest BCUT2D eigenvalue weighted by Gasteiger charge is 1.99. The number of anilines is 1. The van der Waals surface area contributed by atoms with Crippen LogP contribution in [0.5, 0.6) is 0 Å². The molecule has 0 atom stereocenters. The number of hydrogen-bond acceptors (Lipinski definition) is 1. The van der Waals surface area contributed by atoms with Crippen LogP contribution in [0.1, 0.15) is 16.7 Å². The molecule has 1 aromatic heterocycles. The van der Waals surface area contributed by atoms with Crippen LogP contribution in [-0.4, -0.2) is 14.1 Å². The van der Waals surface area contributed by atoms with Gasteiger partial charge in [-0.15, -0.1) is 0 Å². The lowest BCUT2D eigenvalue weighted by Crippen LogP contribution is -2.26. The molecule has 0 aliphatic rings. The molecule has 0 bridgehead atoms. The first kappa shape index (κ1) is 13.3. The van der Waals surface area contributed by atoms with Gasteiger partial charge in [0, 0.05) is 31.4 Å². The summed E-state index contributed by atoms with van der Waals surface area (Å²) in [7, 11) is 6.15. The van der Waals surface area contributed by atoms with E-state index in [2.05, 4.69) is 85.4 Å². The van der Waals surface area contributed by atoms with Gasteiger partial charge < -0.3 is 4.90 Å². The van der Waals surface area contributed by atoms with Gasteiger partial charge in [-0.25, -0.2) is 4.57 Å². The molecule has 0 saturated carbocycles. The van der Waals surface area contributed by atoms with E-state index in [1.54, 1.807) is 0 Å². The number of pyridine rings is 1. The Bertz CT molecular complexity index is 581. The van der Waals surface area contributed by atoms with Crippen LogP contribution >= 0.6 is 0 Å². The molecule has 0 fully saturated rings. The minimum absolute atomic E-state index is 1.22. The van der Waals surface area contributed by atoms with Gasteiger partial charge in [0.2, 0.25) is 0 Å². The highest BCUT2D eigenvalue weighted by molar-refractivity contribution is 5.71. The number of hydrogen-bond donors (Lipinski definition) is 0. The average Bonchev–Trinajstić information content (AvgIpc) is 2.38. The second-order valence-electron chi connectivity index (χ2n) is 5.07. The molecule has 2 heteroatoms. The van der Waals surface area contributed by atoms with Gasteiger partial charge in [0.15, 0.2) is 12.4 Å². The third-order valence-electron chi connectivity index (χ3n) is 3.21.